The second-order valence-electron chi connectivity index (χ2n) is 12.0. The highest BCUT2D eigenvalue weighted by molar-refractivity contribution is 7.99. The predicted octanol–water partition coefficient (Wildman–Crippen LogP) is 6.39. The number of amides is 2. The van der Waals surface area contributed by atoms with Gasteiger partial charge in [-0.1, -0.05) is 23.7 Å². The molecule has 1 aromatic heterocycles. The van der Waals surface area contributed by atoms with Crippen molar-refractivity contribution in [2.24, 2.45) is 0 Å². The minimum atomic E-state index is -2.86. The fourth-order valence-corrected chi connectivity index (χ4v) is 6.48. The Hall–Kier alpha value is -3.22. The SMILES string of the molecule is CN1CC(n2cc(-c3cc4c(cc3F)SC[C@H](NC(=O)OC(C)(C)C)C(=O)N4Cc3ccc(Cl)cc3)cn2)CC(F)(F)C1. The number of carbonyl (C=O) groups is 2. The molecular weight excluding hydrogens is 603 g/mol. The Kier molecular flexibility index (Phi) is 8.75. The second-order valence-corrected chi connectivity index (χ2v) is 13.5. The molecule has 1 saturated heterocycles. The van der Waals surface area contributed by atoms with E-state index in [1.165, 1.54) is 33.6 Å². The highest BCUT2D eigenvalue weighted by Crippen LogP contribution is 2.40. The van der Waals surface area contributed by atoms with E-state index in [1.807, 2.05) is 0 Å². The topological polar surface area (TPSA) is 79.7 Å². The Morgan fingerprint density at radius 2 is 1.95 bits per heavy atom. The number of anilines is 1. The van der Waals surface area contributed by atoms with Crippen molar-refractivity contribution in [1.82, 2.24) is 20.0 Å². The van der Waals surface area contributed by atoms with Crippen molar-refractivity contribution < 1.29 is 27.5 Å². The van der Waals surface area contributed by atoms with Gasteiger partial charge >= 0.3 is 6.09 Å². The zero-order chi connectivity index (χ0) is 31.1. The van der Waals surface area contributed by atoms with Gasteiger partial charge in [0.2, 0.25) is 0 Å². The number of aromatic nitrogens is 2. The van der Waals surface area contributed by atoms with E-state index in [0.29, 0.717) is 27.7 Å². The molecule has 2 aliphatic heterocycles. The van der Waals surface area contributed by atoms with E-state index in [0.717, 1.165) is 5.56 Å². The van der Waals surface area contributed by atoms with Crippen LogP contribution in [0, 0.1) is 5.82 Å². The molecule has 2 atom stereocenters. The smallest absolute Gasteiger partial charge is 0.408 e. The standard InChI is InChI=1S/C30H33ClF3N5O3S/c1-29(2,3)42-28(41)36-24-16-43-26-10-23(32)22(9-25(26)38(27(24)40)13-18-5-7-20(31)8-6-18)19-12-35-39(14-19)21-11-30(33,34)17-37(4)15-21/h5-10,12,14,21,24H,11,13,15-17H2,1-4H3,(H,36,41)/t21?,24-/m0/s1. The molecule has 2 aromatic carbocycles. The predicted molar refractivity (Wildman–Crippen MR) is 160 cm³/mol. The van der Waals surface area contributed by atoms with E-state index in [1.54, 1.807) is 69.2 Å². The third-order valence-corrected chi connectivity index (χ3v) is 8.49. The van der Waals surface area contributed by atoms with Crippen LogP contribution >= 0.6 is 23.4 Å². The third kappa shape index (κ3) is 7.47. The normalized spacial score (nSPS) is 20.8. The molecule has 13 heteroatoms. The van der Waals surface area contributed by atoms with Gasteiger partial charge in [-0.05, 0) is 57.6 Å². The summed E-state index contributed by atoms with van der Waals surface area (Å²) in [5, 5.41) is 7.51. The Labute approximate surface area is 257 Å². The number of ether oxygens (including phenoxy) is 1. The molecule has 43 heavy (non-hydrogen) atoms. The fraction of sp³-hybridized carbons (Fsp3) is 0.433. The minimum Gasteiger partial charge on any atom is -0.444 e. The van der Waals surface area contributed by atoms with Crippen molar-refractivity contribution in [2.75, 3.05) is 30.8 Å². The number of fused-ring (bicyclic) bond motifs is 1. The summed E-state index contributed by atoms with van der Waals surface area (Å²) in [6.45, 7) is 5.37. The van der Waals surface area contributed by atoms with E-state index in [-0.39, 0.29) is 30.8 Å². The van der Waals surface area contributed by atoms with Crippen molar-refractivity contribution in [3.05, 3.63) is 65.2 Å². The number of alkyl halides is 2. The number of piperidine rings is 1. The van der Waals surface area contributed by atoms with Gasteiger partial charge in [-0.25, -0.2) is 18.0 Å². The Morgan fingerprint density at radius 3 is 2.63 bits per heavy atom. The van der Waals surface area contributed by atoms with Crippen molar-refractivity contribution in [3.8, 4) is 11.1 Å². The van der Waals surface area contributed by atoms with Crippen LogP contribution < -0.4 is 10.2 Å². The number of rotatable bonds is 5. The van der Waals surface area contributed by atoms with Crippen LogP contribution in [0.5, 0.6) is 0 Å². The number of thioether (sulfide) groups is 1. The van der Waals surface area contributed by atoms with Gasteiger partial charge in [-0.15, -0.1) is 11.8 Å². The first kappa shape index (κ1) is 31.2. The van der Waals surface area contributed by atoms with Gasteiger partial charge in [0.15, 0.2) is 0 Å². The summed E-state index contributed by atoms with van der Waals surface area (Å²) in [6.07, 6.45) is 1.91. The second kappa shape index (κ2) is 12.0. The molecule has 1 fully saturated rings. The van der Waals surface area contributed by atoms with E-state index in [2.05, 4.69) is 10.4 Å². The van der Waals surface area contributed by atoms with E-state index < -0.39 is 41.4 Å². The number of hydrogen-bond donors (Lipinski definition) is 1. The summed E-state index contributed by atoms with van der Waals surface area (Å²) in [5.41, 5.74) is 1.03. The van der Waals surface area contributed by atoms with Crippen LogP contribution in [0.2, 0.25) is 5.02 Å². The number of hydrogen-bond acceptors (Lipinski definition) is 6. The van der Waals surface area contributed by atoms with Crippen molar-refractivity contribution in [3.63, 3.8) is 0 Å². The number of likely N-dealkylation sites (tertiary alicyclic amines) is 1. The monoisotopic (exact) mass is 635 g/mol. The van der Waals surface area contributed by atoms with Gasteiger partial charge < -0.3 is 15.0 Å². The summed E-state index contributed by atoms with van der Waals surface area (Å²) >= 11 is 7.31. The molecule has 0 aliphatic carbocycles. The number of carbonyl (C=O) groups excluding carboxylic acids is 2. The lowest BCUT2D eigenvalue weighted by Crippen LogP contribution is -2.50. The maximum Gasteiger partial charge on any atom is 0.408 e. The molecule has 0 saturated carbocycles. The van der Waals surface area contributed by atoms with Gasteiger partial charge in [-0.3, -0.25) is 14.4 Å². The number of alkyl carbamates (subject to hydrolysis) is 1. The first-order valence-electron chi connectivity index (χ1n) is 13.8. The first-order chi connectivity index (χ1) is 20.2. The van der Waals surface area contributed by atoms with Crippen LogP contribution in [0.15, 0.2) is 53.7 Å². The van der Waals surface area contributed by atoms with Gasteiger partial charge in [0.1, 0.15) is 17.5 Å². The van der Waals surface area contributed by atoms with Crippen LogP contribution in [0.4, 0.5) is 23.7 Å². The summed E-state index contributed by atoms with van der Waals surface area (Å²) < 4.78 is 51.0. The molecule has 2 amide bonds. The summed E-state index contributed by atoms with van der Waals surface area (Å²) in [5.74, 6) is -3.65. The molecule has 230 valence electrons. The number of nitrogens with zero attached hydrogens (tertiary/aromatic N) is 4. The van der Waals surface area contributed by atoms with Crippen LogP contribution in [-0.4, -0.2) is 70.1 Å². The average Bonchev–Trinajstić information content (AvgIpc) is 3.35. The summed E-state index contributed by atoms with van der Waals surface area (Å²) in [7, 11) is 1.63. The van der Waals surface area contributed by atoms with Crippen LogP contribution in [0.3, 0.4) is 0 Å². The molecule has 8 nitrogen and oxygen atoms in total. The quantitative estimate of drug-likeness (QED) is 0.350. The van der Waals surface area contributed by atoms with Gasteiger partial charge in [0.05, 0.1) is 31.0 Å². The van der Waals surface area contributed by atoms with Crippen molar-refractivity contribution in [1.29, 1.82) is 0 Å². The largest absolute Gasteiger partial charge is 0.444 e. The molecule has 3 aromatic rings. The summed E-state index contributed by atoms with van der Waals surface area (Å²) in [6, 6.07) is 8.40. The van der Waals surface area contributed by atoms with Gasteiger partial charge in [-0.2, -0.15) is 5.10 Å². The van der Waals surface area contributed by atoms with E-state index in [9.17, 15) is 18.4 Å². The number of halogens is 4. The van der Waals surface area contributed by atoms with Crippen LogP contribution in [0.25, 0.3) is 11.1 Å². The highest BCUT2D eigenvalue weighted by Gasteiger charge is 2.40. The van der Waals surface area contributed by atoms with Crippen molar-refractivity contribution >= 4 is 41.1 Å². The maximum atomic E-state index is 15.6. The number of nitrogens with one attached hydrogen (secondary N) is 1. The maximum absolute atomic E-state index is 15.6. The highest BCUT2D eigenvalue weighted by atomic mass is 35.5. The van der Waals surface area contributed by atoms with Crippen molar-refractivity contribution in [2.45, 2.75) is 62.2 Å². The van der Waals surface area contributed by atoms with Crippen LogP contribution in [-0.2, 0) is 16.1 Å². The first-order valence-corrected chi connectivity index (χ1v) is 15.2. The van der Waals surface area contributed by atoms with Crippen LogP contribution in [0.1, 0.15) is 38.8 Å². The number of benzene rings is 2. The molecule has 0 bridgehead atoms. The molecule has 2 aliphatic rings. The van der Waals surface area contributed by atoms with Gasteiger partial charge in [0.25, 0.3) is 11.8 Å². The Balaban J connectivity index is 1.49. The number of likely N-dealkylation sites (N-methyl/N-ethyl adjacent to an activating group) is 1. The lowest BCUT2D eigenvalue weighted by atomic mass is 10.0. The van der Waals surface area contributed by atoms with E-state index in [4.69, 9.17) is 16.3 Å². The summed E-state index contributed by atoms with van der Waals surface area (Å²) in [4.78, 5) is 30.1. The molecule has 0 radical (unpaired) electrons. The Bertz CT molecular complexity index is 1510. The lowest BCUT2D eigenvalue weighted by molar-refractivity contribution is -0.120. The average molecular weight is 636 g/mol. The Morgan fingerprint density at radius 1 is 1.23 bits per heavy atom. The minimum absolute atomic E-state index is 0.129. The lowest BCUT2D eigenvalue weighted by Gasteiger charge is -2.35. The zero-order valence-corrected chi connectivity index (χ0v) is 25.8. The molecule has 1 unspecified atom stereocenters. The molecular formula is C30H33ClF3N5O3S. The fourth-order valence-electron chi connectivity index (χ4n) is 5.28. The third-order valence-electron chi connectivity index (χ3n) is 7.10. The molecule has 0 spiro atoms. The molecule has 5 rings (SSSR count). The molecule has 3 heterocycles. The zero-order valence-electron chi connectivity index (χ0n) is 24.2. The van der Waals surface area contributed by atoms with E-state index >= 15 is 4.39 Å². The van der Waals surface area contributed by atoms with Gasteiger partial charge in [0, 0.05) is 46.0 Å². The molecule has 1 N–H and O–H groups in total.